The molecule has 1 aromatic carbocycles. The largest absolute Gasteiger partial charge is 0.493 e. The monoisotopic (exact) mass is 521 g/mol. The van der Waals surface area contributed by atoms with Crippen LogP contribution < -0.4 is 25.3 Å². The number of ether oxygens (including phenoxy) is 3. The second-order valence-electron chi connectivity index (χ2n) is 9.45. The zero-order valence-electron chi connectivity index (χ0n) is 22.6. The molecule has 2 atom stereocenters. The molecule has 1 aliphatic rings. The third-order valence-electron chi connectivity index (χ3n) is 6.99. The maximum absolute atomic E-state index is 14.2. The summed E-state index contributed by atoms with van der Waals surface area (Å²) < 4.78 is 16.6. The summed E-state index contributed by atoms with van der Waals surface area (Å²) in [4.78, 5) is 40.6. The first kappa shape index (κ1) is 30.2. The number of carbonyl (C=O) groups is 3. The number of nitrogens with two attached hydrogens (primary N) is 1. The van der Waals surface area contributed by atoms with Crippen molar-refractivity contribution in [2.24, 2.45) is 11.7 Å². The van der Waals surface area contributed by atoms with Gasteiger partial charge >= 0.3 is 6.03 Å². The predicted molar refractivity (Wildman–Crippen MR) is 140 cm³/mol. The Labute approximate surface area is 219 Å². The van der Waals surface area contributed by atoms with E-state index < -0.39 is 23.9 Å². The summed E-state index contributed by atoms with van der Waals surface area (Å²) >= 11 is 0. The number of methoxy groups -OCH3 is 3. The zero-order chi connectivity index (χ0) is 27.4. The Hall–Kier alpha value is -3.01. The number of imide groups is 1. The van der Waals surface area contributed by atoms with Crippen molar-refractivity contribution in [3.8, 4) is 17.2 Å². The number of nitrogens with one attached hydrogen (secondary N) is 1. The molecule has 10 heteroatoms. The quantitative estimate of drug-likeness (QED) is 0.319. The van der Waals surface area contributed by atoms with E-state index in [4.69, 9.17) is 19.9 Å². The highest BCUT2D eigenvalue weighted by Crippen LogP contribution is 2.44. The highest BCUT2D eigenvalue weighted by molar-refractivity contribution is 5.99. The number of hydrogen-bond acceptors (Lipinski definition) is 7. The summed E-state index contributed by atoms with van der Waals surface area (Å²) in [7, 11) is 4.56. The van der Waals surface area contributed by atoms with Gasteiger partial charge in [0.15, 0.2) is 11.5 Å². The van der Waals surface area contributed by atoms with Crippen molar-refractivity contribution in [1.29, 1.82) is 0 Å². The third-order valence-corrected chi connectivity index (χ3v) is 6.99. The van der Waals surface area contributed by atoms with E-state index >= 15 is 0 Å². The number of carbonyl (C=O) groups excluding carboxylic acids is 3. The van der Waals surface area contributed by atoms with Crippen molar-refractivity contribution in [2.45, 2.75) is 76.7 Å². The molecule has 4 N–H and O–H groups in total. The van der Waals surface area contributed by atoms with Crippen LogP contribution in [0.25, 0.3) is 0 Å². The number of benzene rings is 1. The number of hydrogen-bond donors (Lipinski definition) is 3. The maximum atomic E-state index is 14.2. The van der Waals surface area contributed by atoms with Gasteiger partial charge in [-0.05, 0) is 49.3 Å². The fraction of sp³-hybridized carbons (Fsp3) is 0.667. The molecule has 0 radical (unpaired) electrons. The van der Waals surface area contributed by atoms with Crippen LogP contribution in [0.5, 0.6) is 17.2 Å². The molecule has 1 aromatic rings. The molecule has 1 fully saturated rings. The van der Waals surface area contributed by atoms with Gasteiger partial charge in [-0.1, -0.05) is 39.0 Å². The van der Waals surface area contributed by atoms with Crippen molar-refractivity contribution >= 4 is 17.8 Å². The van der Waals surface area contributed by atoms with Gasteiger partial charge in [0.05, 0.1) is 27.2 Å². The summed E-state index contributed by atoms with van der Waals surface area (Å²) in [5.74, 6) is -0.414. The van der Waals surface area contributed by atoms with Gasteiger partial charge in [-0.25, -0.2) is 4.79 Å². The molecule has 2 rings (SSSR count). The summed E-state index contributed by atoms with van der Waals surface area (Å²) in [6, 6.07) is 1.79. The first-order valence-corrected chi connectivity index (χ1v) is 13.1. The van der Waals surface area contributed by atoms with Crippen LogP contribution in [0.15, 0.2) is 12.1 Å². The molecule has 10 nitrogen and oxygen atoms in total. The highest BCUT2D eigenvalue weighted by atomic mass is 16.5. The molecule has 0 bridgehead atoms. The number of primary amides is 1. The third kappa shape index (κ3) is 7.99. The van der Waals surface area contributed by atoms with Crippen molar-refractivity contribution in [3.05, 3.63) is 17.7 Å². The van der Waals surface area contributed by atoms with Crippen LogP contribution in [-0.4, -0.2) is 68.4 Å². The lowest BCUT2D eigenvalue weighted by molar-refractivity contribution is -0.132. The minimum Gasteiger partial charge on any atom is -0.493 e. The Morgan fingerprint density at radius 3 is 2.16 bits per heavy atom. The van der Waals surface area contributed by atoms with E-state index in [1.807, 2.05) is 6.92 Å². The van der Waals surface area contributed by atoms with Gasteiger partial charge in [-0.3, -0.25) is 14.5 Å². The molecular formula is C27H43N3O7. The van der Waals surface area contributed by atoms with Crippen LogP contribution in [-0.2, 0) is 9.59 Å². The molecule has 0 saturated heterocycles. The number of aliphatic hydroxyl groups excluding tert-OH is 1. The van der Waals surface area contributed by atoms with E-state index in [2.05, 4.69) is 5.32 Å². The van der Waals surface area contributed by atoms with Gasteiger partial charge in [-0.15, -0.1) is 0 Å². The molecule has 0 aromatic heterocycles. The van der Waals surface area contributed by atoms with Gasteiger partial charge in [0.1, 0.15) is 6.04 Å². The molecule has 4 amide bonds. The van der Waals surface area contributed by atoms with Gasteiger partial charge in [-0.2, -0.15) is 0 Å². The number of nitrogens with zero attached hydrogens (tertiary/aromatic N) is 1. The molecule has 0 spiro atoms. The first-order chi connectivity index (χ1) is 17.8. The van der Waals surface area contributed by atoms with Gasteiger partial charge in [0.25, 0.3) is 0 Å². The minimum absolute atomic E-state index is 0.0231. The van der Waals surface area contributed by atoms with E-state index in [1.54, 1.807) is 12.1 Å². The Balaban J connectivity index is 2.53. The molecule has 0 aliphatic heterocycles. The molecule has 1 aliphatic carbocycles. The fourth-order valence-electron chi connectivity index (χ4n) is 5.01. The second-order valence-corrected chi connectivity index (χ2v) is 9.45. The lowest BCUT2D eigenvalue weighted by atomic mass is 9.76. The van der Waals surface area contributed by atoms with Crippen LogP contribution in [0.4, 0.5) is 4.79 Å². The zero-order valence-corrected chi connectivity index (χ0v) is 22.6. The molecule has 37 heavy (non-hydrogen) atoms. The lowest BCUT2D eigenvalue weighted by Crippen LogP contribution is -2.53. The summed E-state index contributed by atoms with van der Waals surface area (Å²) in [5.41, 5.74) is 6.10. The topological polar surface area (TPSA) is 140 Å². The molecule has 208 valence electrons. The van der Waals surface area contributed by atoms with Crippen molar-refractivity contribution < 1.29 is 33.7 Å². The Bertz CT molecular complexity index is 877. The smallest absolute Gasteiger partial charge is 0.324 e. The standard InChI is InChI=1S/C27H43N3O7/c1-5-6-10-14-30(27(34)29-20(13-15-31)25(28)32)26(33)23(18-11-8-7-9-12-18)19-16-21(35-2)24(37-4)22(17-19)36-3/h16-18,20,23,31H,5-15H2,1-4H3,(H2,28,32)(H,29,34)/t20-,23?/m1/s1. The first-order valence-electron chi connectivity index (χ1n) is 13.1. The van der Waals surface area contributed by atoms with Gasteiger partial charge < -0.3 is 30.4 Å². The lowest BCUT2D eigenvalue weighted by Gasteiger charge is -2.34. The van der Waals surface area contributed by atoms with Crippen LogP contribution >= 0.6 is 0 Å². The summed E-state index contributed by atoms with van der Waals surface area (Å²) in [6.45, 7) is 1.92. The number of urea groups is 1. The number of unbranched alkanes of at least 4 members (excludes halogenated alkanes) is 2. The van der Waals surface area contributed by atoms with E-state index in [0.717, 1.165) is 44.9 Å². The van der Waals surface area contributed by atoms with Crippen molar-refractivity contribution in [2.75, 3.05) is 34.5 Å². The van der Waals surface area contributed by atoms with Crippen LogP contribution in [0.1, 0.15) is 76.2 Å². The second kappa shape index (κ2) is 15.3. The number of aliphatic hydroxyl groups is 1. The summed E-state index contributed by atoms with van der Waals surface area (Å²) in [5, 5.41) is 11.9. The summed E-state index contributed by atoms with van der Waals surface area (Å²) in [6.07, 6.45) is 7.16. The molecular weight excluding hydrogens is 478 g/mol. The average Bonchev–Trinajstić information content (AvgIpc) is 2.90. The van der Waals surface area contributed by atoms with Crippen molar-refractivity contribution in [1.82, 2.24) is 10.2 Å². The van der Waals surface area contributed by atoms with Crippen molar-refractivity contribution in [3.63, 3.8) is 0 Å². The van der Waals surface area contributed by atoms with Crippen LogP contribution in [0.2, 0.25) is 0 Å². The Morgan fingerprint density at radius 1 is 1.05 bits per heavy atom. The molecule has 1 saturated carbocycles. The van der Waals surface area contributed by atoms with E-state index in [9.17, 15) is 19.5 Å². The van der Waals surface area contributed by atoms with E-state index in [0.29, 0.717) is 29.2 Å². The predicted octanol–water partition coefficient (Wildman–Crippen LogP) is 3.34. The molecule has 1 unspecified atom stereocenters. The average molecular weight is 522 g/mol. The van der Waals surface area contributed by atoms with Crippen LogP contribution in [0.3, 0.4) is 0 Å². The van der Waals surface area contributed by atoms with E-state index in [-0.39, 0.29) is 31.4 Å². The van der Waals surface area contributed by atoms with Gasteiger partial charge in [0, 0.05) is 13.2 Å². The normalized spacial score (nSPS) is 15.4. The van der Waals surface area contributed by atoms with E-state index in [1.165, 1.54) is 26.2 Å². The molecule has 0 heterocycles. The minimum atomic E-state index is -1.08. The highest BCUT2D eigenvalue weighted by Gasteiger charge is 2.38. The Morgan fingerprint density at radius 2 is 1.68 bits per heavy atom. The number of amides is 4. The Kier molecular flexibility index (Phi) is 12.5. The fourth-order valence-corrected chi connectivity index (χ4v) is 5.01. The number of rotatable bonds is 14. The van der Waals surface area contributed by atoms with Crippen LogP contribution in [0, 0.1) is 5.92 Å². The SMILES string of the molecule is CCCCCN(C(=O)N[C@H](CCO)C(N)=O)C(=O)C(c1cc(OC)c(OC)c(OC)c1)C1CCCCC1. The maximum Gasteiger partial charge on any atom is 0.324 e. The van der Waals surface area contributed by atoms with Gasteiger partial charge in [0.2, 0.25) is 17.6 Å².